The van der Waals surface area contributed by atoms with E-state index in [1.807, 2.05) is 30.3 Å². The van der Waals surface area contributed by atoms with Gasteiger partial charge in [-0.25, -0.2) is 0 Å². The SMILES string of the molecule is COC(=O)[C@H](Cc1ccccc1)[C@@H](O)CCNC(=O)[C@H](C)NC(=O)[C@H](C)NC(C)=O. The second kappa shape index (κ2) is 12.6. The molecule has 0 aliphatic heterocycles. The Morgan fingerprint density at radius 2 is 1.60 bits per heavy atom. The van der Waals surface area contributed by atoms with E-state index in [0.717, 1.165) is 5.56 Å². The Kier molecular flexibility index (Phi) is 10.5. The van der Waals surface area contributed by atoms with Crippen LogP contribution in [0.2, 0.25) is 0 Å². The molecule has 1 rings (SSSR count). The normalized spacial score (nSPS) is 14.6. The average Bonchev–Trinajstić information content (AvgIpc) is 2.71. The second-order valence-electron chi connectivity index (χ2n) is 7.12. The largest absolute Gasteiger partial charge is 0.469 e. The number of hydrogen-bond acceptors (Lipinski definition) is 6. The quantitative estimate of drug-likeness (QED) is 0.369. The standard InChI is InChI=1S/C21H31N3O6/c1-13(24-20(28)14(2)23-15(3)25)19(27)22-11-10-18(26)17(21(29)30-4)12-16-8-6-5-7-9-16/h5-9,13-14,17-18,26H,10-12H2,1-4H3,(H,22,27)(H,23,25)(H,24,28)/t13-,14-,17+,18-/m0/s1. The number of nitrogens with one attached hydrogen (secondary N) is 3. The molecule has 30 heavy (non-hydrogen) atoms. The Balaban J connectivity index is 2.52. The van der Waals surface area contributed by atoms with E-state index < -0.39 is 41.9 Å². The van der Waals surface area contributed by atoms with Crippen LogP contribution in [0.5, 0.6) is 0 Å². The first-order valence-electron chi connectivity index (χ1n) is 9.80. The Morgan fingerprint density at radius 3 is 2.17 bits per heavy atom. The minimum atomic E-state index is -1.01. The number of amides is 3. The number of aliphatic hydroxyl groups is 1. The van der Waals surface area contributed by atoms with Crippen LogP contribution >= 0.6 is 0 Å². The van der Waals surface area contributed by atoms with Gasteiger partial charge in [-0.15, -0.1) is 0 Å². The van der Waals surface area contributed by atoms with Crippen LogP contribution in [0.4, 0.5) is 0 Å². The average molecular weight is 421 g/mol. The maximum Gasteiger partial charge on any atom is 0.311 e. The monoisotopic (exact) mass is 421 g/mol. The van der Waals surface area contributed by atoms with Crippen molar-refractivity contribution in [2.75, 3.05) is 13.7 Å². The summed E-state index contributed by atoms with van der Waals surface area (Å²) in [4.78, 5) is 47.2. The van der Waals surface area contributed by atoms with Crippen molar-refractivity contribution in [2.45, 2.75) is 51.8 Å². The van der Waals surface area contributed by atoms with Gasteiger partial charge in [0.1, 0.15) is 12.1 Å². The Labute approximate surface area is 176 Å². The number of rotatable bonds is 11. The van der Waals surface area contributed by atoms with Crippen LogP contribution in [0.25, 0.3) is 0 Å². The lowest BCUT2D eigenvalue weighted by molar-refractivity contribution is -0.149. The number of ether oxygens (including phenoxy) is 1. The van der Waals surface area contributed by atoms with E-state index >= 15 is 0 Å². The number of carbonyl (C=O) groups is 4. The molecule has 0 unspecified atom stereocenters. The molecule has 4 atom stereocenters. The summed E-state index contributed by atoms with van der Waals surface area (Å²) >= 11 is 0. The van der Waals surface area contributed by atoms with Gasteiger partial charge < -0.3 is 25.8 Å². The zero-order valence-corrected chi connectivity index (χ0v) is 17.8. The molecule has 0 bridgehead atoms. The van der Waals surface area contributed by atoms with Crippen molar-refractivity contribution >= 4 is 23.7 Å². The molecule has 0 radical (unpaired) electrons. The first-order valence-corrected chi connectivity index (χ1v) is 9.80. The number of carbonyl (C=O) groups excluding carboxylic acids is 4. The van der Waals surface area contributed by atoms with Crippen molar-refractivity contribution in [2.24, 2.45) is 5.92 Å². The first kappa shape index (κ1) is 25.1. The summed E-state index contributed by atoms with van der Waals surface area (Å²) in [6.45, 7) is 4.43. The number of aliphatic hydroxyl groups excluding tert-OH is 1. The van der Waals surface area contributed by atoms with E-state index in [4.69, 9.17) is 4.74 Å². The number of hydrogen-bond donors (Lipinski definition) is 4. The van der Waals surface area contributed by atoms with Crippen molar-refractivity contribution < 1.29 is 29.0 Å². The van der Waals surface area contributed by atoms with E-state index in [0.29, 0.717) is 6.42 Å². The van der Waals surface area contributed by atoms with Crippen LogP contribution in [-0.4, -0.2) is 60.6 Å². The molecule has 1 aromatic carbocycles. The van der Waals surface area contributed by atoms with Gasteiger partial charge >= 0.3 is 5.97 Å². The third-order valence-electron chi connectivity index (χ3n) is 4.57. The number of methoxy groups -OCH3 is 1. The summed E-state index contributed by atoms with van der Waals surface area (Å²) in [6, 6.07) is 7.68. The molecule has 166 valence electrons. The van der Waals surface area contributed by atoms with Gasteiger partial charge in [0.15, 0.2) is 0 Å². The lowest BCUT2D eigenvalue weighted by Gasteiger charge is -2.22. The summed E-state index contributed by atoms with van der Waals surface area (Å²) in [5.74, 6) is -2.56. The van der Waals surface area contributed by atoms with Gasteiger partial charge in [-0.2, -0.15) is 0 Å². The predicted molar refractivity (Wildman–Crippen MR) is 110 cm³/mol. The molecule has 0 fully saturated rings. The fourth-order valence-corrected chi connectivity index (χ4v) is 2.87. The van der Waals surface area contributed by atoms with Crippen LogP contribution in [0.1, 0.15) is 32.8 Å². The third kappa shape index (κ3) is 8.60. The molecule has 0 saturated heterocycles. The molecule has 0 spiro atoms. The molecule has 1 aromatic rings. The summed E-state index contributed by atoms with van der Waals surface area (Å²) < 4.78 is 4.80. The molecular weight excluding hydrogens is 390 g/mol. The van der Waals surface area contributed by atoms with Crippen LogP contribution < -0.4 is 16.0 Å². The lowest BCUT2D eigenvalue weighted by atomic mass is 9.92. The highest BCUT2D eigenvalue weighted by molar-refractivity contribution is 5.91. The smallest absolute Gasteiger partial charge is 0.311 e. The molecule has 3 amide bonds. The molecule has 0 heterocycles. The molecule has 4 N–H and O–H groups in total. The zero-order chi connectivity index (χ0) is 22.7. The van der Waals surface area contributed by atoms with E-state index in [-0.39, 0.29) is 18.9 Å². The maximum absolute atomic E-state index is 12.2. The highest BCUT2D eigenvalue weighted by atomic mass is 16.5. The van der Waals surface area contributed by atoms with Gasteiger partial charge in [0.05, 0.1) is 19.1 Å². The van der Waals surface area contributed by atoms with Crippen LogP contribution in [-0.2, 0) is 30.3 Å². The van der Waals surface area contributed by atoms with Gasteiger partial charge in [-0.05, 0) is 32.3 Å². The van der Waals surface area contributed by atoms with Gasteiger partial charge in [0.2, 0.25) is 17.7 Å². The predicted octanol–water partition coefficient (Wildman–Crippen LogP) is -0.0852. The van der Waals surface area contributed by atoms with Crippen LogP contribution in [0.15, 0.2) is 30.3 Å². The molecule has 0 saturated carbocycles. The van der Waals surface area contributed by atoms with Gasteiger partial charge in [-0.1, -0.05) is 30.3 Å². The van der Waals surface area contributed by atoms with Gasteiger partial charge in [0.25, 0.3) is 0 Å². The fraction of sp³-hybridized carbons (Fsp3) is 0.524. The summed E-state index contributed by atoms with van der Waals surface area (Å²) in [6.07, 6.45) is -0.556. The van der Waals surface area contributed by atoms with E-state index in [2.05, 4.69) is 16.0 Å². The van der Waals surface area contributed by atoms with Gasteiger partial charge in [-0.3, -0.25) is 19.2 Å². The molecule has 0 aromatic heterocycles. The van der Waals surface area contributed by atoms with Crippen molar-refractivity contribution in [3.63, 3.8) is 0 Å². The molecular formula is C21H31N3O6. The van der Waals surface area contributed by atoms with Crippen LogP contribution in [0.3, 0.4) is 0 Å². The maximum atomic E-state index is 12.2. The minimum absolute atomic E-state index is 0.115. The third-order valence-corrected chi connectivity index (χ3v) is 4.57. The topological polar surface area (TPSA) is 134 Å². The summed E-state index contributed by atoms with van der Waals surface area (Å²) in [7, 11) is 1.27. The minimum Gasteiger partial charge on any atom is -0.469 e. The van der Waals surface area contributed by atoms with Crippen molar-refractivity contribution in [1.29, 1.82) is 0 Å². The summed E-state index contributed by atoms with van der Waals surface area (Å²) in [5.41, 5.74) is 0.889. The number of benzene rings is 1. The summed E-state index contributed by atoms with van der Waals surface area (Å²) in [5, 5.41) is 18.0. The second-order valence-corrected chi connectivity index (χ2v) is 7.12. The lowest BCUT2D eigenvalue weighted by Crippen LogP contribution is -2.51. The van der Waals surface area contributed by atoms with Crippen molar-refractivity contribution in [3.8, 4) is 0 Å². The first-order chi connectivity index (χ1) is 14.1. The molecule has 9 nitrogen and oxygen atoms in total. The number of esters is 1. The highest BCUT2D eigenvalue weighted by Crippen LogP contribution is 2.16. The van der Waals surface area contributed by atoms with E-state index in [1.54, 1.807) is 0 Å². The zero-order valence-electron chi connectivity index (χ0n) is 17.8. The van der Waals surface area contributed by atoms with Crippen LogP contribution in [0, 0.1) is 5.92 Å². The Morgan fingerprint density at radius 1 is 1.00 bits per heavy atom. The Bertz CT molecular complexity index is 725. The fourth-order valence-electron chi connectivity index (χ4n) is 2.87. The molecule has 9 heteroatoms. The molecule has 0 aliphatic rings. The van der Waals surface area contributed by atoms with Crippen molar-refractivity contribution in [1.82, 2.24) is 16.0 Å². The van der Waals surface area contributed by atoms with E-state index in [1.165, 1.54) is 27.9 Å². The van der Waals surface area contributed by atoms with Crippen molar-refractivity contribution in [3.05, 3.63) is 35.9 Å². The Hall–Kier alpha value is -2.94. The highest BCUT2D eigenvalue weighted by Gasteiger charge is 2.28. The molecule has 0 aliphatic carbocycles. The van der Waals surface area contributed by atoms with E-state index in [9.17, 15) is 24.3 Å². The van der Waals surface area contributed by atoms with Gasteiger partial charge in [0, 0.05) is 13.5 Å².